The van der Waals surface area contributed by atoms with Crippen LogP contribution >= 0.6 is 15.9 Å². The minimum Gasteiger partial charge on any atom is -0.271 e. The van der Waals surface area contributed by atoms with E-state index in [0.717, 1.165) is 16.7 Å². The maximum atomic E-state index is 14.0. The molecule has 1 atom stereocenters. The lowest BCUT2D eigenvalue weighted by atomic mass is 9.96. The van der Waals surface area contributed by atoms with Gasteiger partial charge in [0.2, 0.25) is 0 Å². The number of hydrogen-bond donors (Lipinski definition) is 2. The topological polar surface area (TPSA) is 38.0 Å². The molecule has 0 aliphatic carbocycles. The van der Waals surface area contributed by atoms with Gasteiger partial charge in [-0.25, -0.2) is 9.82 Å². The van der Waals surface area contributed by atoms with Crippen LogP contribution in [-0.2, 0) is 0 Å². The fourth-order valence-electron chi connectivity index (χ4n) is 2.28. The van der Waals surface area contributed by atoms with E-state index in [1.165, 1.54) is 6.07 Å². The normalized spacial score (nSPS) is 12.5. The van der Waals surface area contributed by atoms with Gasteiger partial charge in [0.05, 0.1) is 6.04 Å². The molecule has 19 heavy (non-hydrogen) atoms. The maximum Gasteiger partial charge on any atom is 0.129 e. The van der Waals surface area contributed by atoms with Gasteiger partial charge in [0.25, 0.3) is 0 Å². The van der Waals surface area contributed by atoms with Crippen molar-refractivity contribution >= 4 is 15.9 Å². The third kappa shape index (κ3) is 3.21. The fourth-order valence-corrected chi connectivity index (χ4v) is 2.61. The van der Waals surface area contributed by atoms with Gasteiger partial charge in [0.15, 0.2) is 0 Å². The molecule has 3 N–H and O–H groups in total. The van der Waals surface area contributed by atoms with E-state index in [1.807, 2.05) is 32.0 Å². The molecule has 2 aromatic rings. The lowest BCUT2D eigenvalue weighted by Crippen LogP contribution is -2.29. The van der Waals surface area contributed by atoms with Crippen molar-refractivity contribution in [3.63, 3.8) is 0 Å². The van der Waals surface area contributed by atoms with Crippen molar-refractivity contribution in [2.24, 2.45) is 5.84 Å². The molecule has 0 bridgehead atoms. The third-order valence-electron chi connectivity index (χ3n) is 3.02. The van der Waals surface area contributed by atoms with Gasteiger partial charge in [0.1, 0.15) is 5.82 Å². The zero-order valence-electron chi connectivity index (χ0n) is 10.9. The first-order valence-corrected chi connectivity index (χ1v) is 6.80. The molecule has 0 amide bonds. The summed E-state index contributed by atoms with van der Waals surface area (Å²) < 4.78 is 14.8. The minimum absolute atomic E-state index is 0.281. The van der Waals surface area contributed by atoms with Crippen LogP contribution in [0.5, 0.6) is 0 Å². The second kappa shape index (κ2) is 5.82. The van der Waals surface area contributed by atoms with Crippen molar-refractivity contribution in [1.82, 2.24) is 5.43 Å². The Morgan fingerprint density at radius 2 is 1.74 bits per heavy atom. The largest absolute Gasteiger partial charge is 0.271 e. The van der Waals surface area contributed by atoms with E-state index in [2.05, 4.69) is 27.4 Å². The maximum absolute atomic E-state index is 14.0. The Morgan fingerprint density at radius 1 is 1.11 bits per heavy atom. The number of aryl methyl sites for hydroxylation is 2. The van der Waals surface area contributed by atoms with Crippen LogP contribution < -0.4 is 11.3 Å². The van der Waals surface area contributed by atoms with Crippen LogP contribution in [0, 0.1) is 19.7 Å². The van der Waals surface area contributed by atoms with Gasteiger partial charge in [-0.1, -0.05) is 51.3 Å². The van der Waals surface area contributed by atoms with Gasteiger partial charge in [-0.3, -0.25) is 5.84 Å². The van der Waals surface area contributed by atoms with Crippen molar-refractivity contribution in [1.29, 1.82) is 0 Å². The standard InChI is InChI=1S/C15H16BrFN2/c1-9-5-10(2)7-11(6-9)15(19-18)13-4-3-12(16)8-14(13)17/h3-8,15,19H,18H2,1-2H3. The lowest BCUT2D eigenvalue weighted by Gasteiger charge is -2.19. The zero-order chi connectivity index (χ0) is 14.0. The zero-order valence-corrected chi connectivity index (χ0v) is 12.5. The smallest absolute Gasteiger partial charge is 0.129 e. The molecule has 2 rings (SSSR count). The molecular weight excluding hydrogens is 307 g/mol. The molecule has 0 aromatic heterocycles. The Kier molecular flexibility index (Phi) is 4.34. The summed E-state index contributed by atoms with van der Waals surface area (Å²) in [4.78, 5) is 0. The van der Waals surface area contributed by atoms with Gasteiger partial charge < -0.3 is 0 Å². The molecule has 4 heteroatoms. The van der Waals surface area contributed by atoms with Crippen molar-refractivity contribution in [3.8, 4) is 0 Å². The molecule has 1 unspecified atom stereocenters. The second-order valence-electron chi connectivity index (χ2n) is 4.69. The Bertz CT molecular complexity index is 578. The summed E-state index contributed by atoms with van der Waals surface area (Å²) in [5.74, 6) is 5.33. The Hall–Kier alpha value is -1.23. The Morgan fingerprint density at radius 3 is 2.26 bits per heavy atom. The van der Waals surface area contributed by atoms with Crippen LogP contribution in [0.2, 0.25) is 0 Å². The predicted octanol–water partition coefficient (Wildman–Crippen LogP) is 3.76. The van der Waals surface area contributed by atoms with Crippen molar-refractivity contribution in [3.05, 3.63) is 68.9 Å². The van der Waals surface area contributed by atoms with Crippen LogP contribution in [0.25, 0.3) is 0 Å². The number of rotatable bonds is 3. The number of benzene rings is 2. The summed E-state index contributed by atoms with van der Waals surface area (Å²) in [6, 6.07) is 10.7. The summed E-state index contributed by atoms with van der Waals surface area (Å²) in [6.07, 6.45) is 0. The van der Waals surface area contributed by atoms with E-state index in [0.29, 0.717) is 10.0 Å². The highest BCUT2D eigenvalue weighted by Crippen LogP contribution is 2.27. The highest BCUT2D eigenvalue weighted by molar-refractivity contribution is 9.10. The number of nitrogens with two attached hydrogens (primary N) is 1. The highest BCUT2D eigenvalue weighted by Gasteiger charge is 2.17. The van der Waals surface area contributed by atoms with Crippen molar-refractivity contribution in [2.45, 2.75) is 19.9 Å². The molecule has 0 radical (unpaired) electrons. The third-order valence-corrected chi connectivity index (χ3v) is 3.51. The van der Waals surface area contributed by atoms with E-state index in [4.69, 9.17) is 5.84 Å². The molecule has 0 spiro atoms. The molecule has 0 aliphatic rings. The number of nitrogens with one attached hydrogen (secondary N) is 1. The van der Waals surface area contributed by atoms with E-state index >= 15 is 0 Å². The second-order valence-corrected chi connectivity index (χ2v) is 5.60. The van der Waals surface area contributed by atoms with Crippen LogP contribution in [-0.4, -0.2) is 0 Å². The van der Waals surface area contributed by atoms with E-state index in [9.17, 15) is 4.39 Å². The molecule has 100 valence electrons. The molecule has 0 saturated heterocycles. The monoisotopic (exact) mass is 322 g/mol. The van der Waals surface area contributed by atoms with Gasteiger partial charge >= 0.3 is 0 Å². The SMILES string of the molecule is Cc1cc(C)cc(C(NN)c2ccc(Br)cc2F)c1. The van der Waals surface area contributed by atoms with Crippen LogP contribution in [0.3, 0.4) is 0 Å². The van der Waals surface area contributed by atoms with Gasteiger partial charge in [0, 0.05) is 10.0 Å². The number of halogens is 2. The average Bonchev–Trinajstić information content (AvgIpc) is 2.31. The molecule has 0 aliphatic heterocycles. The van der Waals surface area contributed by atoms with Gasteiger partial charge in [-0.15, -0.1) is 0 Å². The fraction of sp³-hybridized carbons (Fsp3) is 0.200. The summed E-state index contributed by atoms with van der Waals surface area (Å²) >= 11 is 3.26. The van der Waals surface area contributed by atoms with Crippen LogP contribution in [0.15, 0.2) is 40.9 Å². The molecule has 0 saturated carbocycles. The van der Waals surface area contributed by atoms with E-state index in [1.54, 1.807) is 6.07 Å². The highest BCUT2D eigenvalue weighted by atomic mass is 79.9. The summed E-state index contributed by atoms with van der Waals surface area (Å²) in [6.45, 7) is 4.03. The number of hydrogen-bond acceptors (Lipinski definition) is 2. The van der Waals surface area contributed by atoms with E-state index in [-0.39, 0.29) is 11.9 Å². The van der Waals surface area contributed by atoms with E-state index < -0.39 is 0 Å². The molecule has 2 nitrogen and oxygen atoms in total. The predicted molar refractivity (Wildman–Crippen MR) is 79.2 cm³/mol. The lowest BCUT2D eigenvalue weighted by molar-refractivity contribution is 0.559. The average molecular weight is 323 g/mol. The summed E-state index contributed by atoms with van der Waals surface area (Å²) in [5, 5.41) is 0. The number of hydrazine groups is 1. The minimum atomic E-state index is -0.355. The summed E-state index contributed by atoms with van der Waals surface area (Å²) in [5.41, 5.74) is 6.46. The van der Waals surface area contributed by atoms with Crippen molar-refractivity contribution in [2.75, 3.05) is 0 Å². The molecular formula is C15H16BrFN2. The van der Waals surface area contributed by atoms with Crippen LogP contribution in [0.4, 0.5) is 4.39 Å². The van der Waals surface area contributed by atoms with Gasteiger partial charge in [-0.05, 0) is 31.5 Å². The van der Waals surface area contributed by atoms with Gasteiger partial charge in [-0.2, -0.15) is 0 Å². The first-order chi connectivity index (χ1) is 9.01. The molecule has 0 fully saturated rings. The molecule has 2 aromatic carbocycles. The Labute approximate surface area is 120 Å². The Balaban J connectivity index is 2.49. The van der Waals surface area contributed by atoms with Crippen LogP contribution in [0.1, 0.15) is 28.3 Å². The molecule has 0 heterocycles. The quantitative estimate of drug-likeness (QED) is 0.667. The first-order valence-electron chi connectivity index (χ1n) is 6.00. The van der Waals surface area contributed by atoms with Crippen molar-refractivity contribution < 1.29 is 4.39 Å². The summed E-state index contributed by atoms with van der Waals surface area (Å²) in [7, 11) is 0. The first kappa shape index (κ1) is 14.2.